The Labute approximate surface area is 144 Å². The lowest BCUT2D eigenvalue weighted by molar-refractivity contribution is 0.731. The molecule has 0 fully saturated rings. The molecule has 0 atom stereocenters. The van der Waals surface area contributed by atoms with E-state index in [0.717, 1.165) is 32.9 Å². The lowest BCUT2D eigenvalue weighted by atomic mass is 10.2. The van der Waals surface area contributed by atoms with Crippen molar-refractivity contribution in [3.8, 4) is 11.4 Å². The highest BCUT2D eigenvalue weighted by Crippen LogP contribution is 2.28. The molecule has 3 aromatic rings. The average molecular weight is 343 g/mol. The quantitative estimate of drug-likeness (QED) is 0.489. The zero-order valence-electron chi connectivity index (χ0n) is 12.4. The van der Waals surface area contributed by atoms with Gasteiger partial charge in [0.15, 0.2) is 11.0 Å². The second kappa shape index (κ2) is 7.44. The van der Waals surface area contributed by atoms with Crippen molar-refractivity contribution in [1.29, 1.82) is 0 Å². The summed E-state index contributed by atoms with van der Waals surface area (Å²) in [7, 11) is 0. The number of allylic oxidation sites excluding steroid dienone is 1. The van der Waals surface area contributed by atoms with Crippen LogP contribution in [-0.4, -0.2) is 19.7 Å². The highest BCUT2D eigenvalue weighted by Gasteiger charge is 2.13. The normalized spacial score (nSPS) is 10.7. The van der Waals surface area contributed by atoms with Crippen LogP contribution in [0.25, 0.3) is 11.4 Å². The van der Waals surface area contributed by atoms with Crippen molar-refractivity contribution in [2.45, 2.75) is 17.5 Å². The third-order valence-corrected chi connectivity index (χ3v) is 4.67. The maximum Gasteiger partial charge on any atom is 0.192 e. The number of rotatable bonds is 6. The van der Waals surface area contributed by atoms with Gasteiger partial charge in [0.2, 0.25) is 0 Å². The van der Waals surface area contributed by atoms with Crippen LogP contribution in [0.4, 0.5) is 0 Å². The van der Waals surface area contributed by atoms with Gasteiger partial charge in [0.1, 0.15) is 0 Å². The molecule has 0 amide bonds. The highest BCUT2D eigenvalue weighted by molar-refractivity contribution is 7.98. The standard InChI is InChI=1S/C17H15ClN4S/c1-2-11-22-16(13-7-9-19-10-8-13)20-21-17(22)23-12-14-5-3-4-6-15(14)18/h2-10H,1,11-12H2. The summed E-state index contributed by atoms with van der Waals surface area (Å²) >= 11 is 7.82. The number of pyridine rings is 1. The largest absolute Gasteiger partial charge is 0.298 e. The monoisotopic (exact) mass is 342 g/mol. The zero-order valence-corrected chi connectivity index (χ0v) is 14.0. The van der Waals surface area contributed by atoms with Gasteiger partial charge in [-0.1, -0.05) is 47.6 Å². The summed E-state index contributed by atoms with van der Waals surface area (Å²) < 4.78 is 2.05. The summed E-state index contributed by atoms with van der Waals surface area (Å²) in [4.78, 5) is 4.04. The molecular formula is C17H15ClN4S. The van der Waals surface area contributed by atoms with E-state index in [4.69, 9.17) is 11.6 Å². The molecule has 0 bridgehead atoms. The molecule has 0 saturated carbocycles. The van der Waals surface area contributed by atoms with E-state index in [1.165, 1.54) is 0 Å². The fraction of sp³-hybridized carbons (Fsp3) is 0.118. The van der Waals surface area contributed by atoms with Gasteiger partial charge in [0, 0.05) is 35.3 Å². The Bertz CT molecular complexity index is 801. The van der Waals surface area contributed by atoms with Gasteiger partial charge in [-0.2, -0.15) is 0 Å². The second-order valence-corrected chi connectivity index (χ2v) is 6.17. The number of aromatic nitrogens is 4. The van der Waals surface area contributed by atoms with Gasteiger partial charge < -0.3 is 0 Å². The predicted octanol–water partition coefficient (Wildman–Crippen LogP) is 4.47. The van der Waals surface area contributed by atoms with Crippen LogP contribution < -0.4 is 0 Å². The van der Waals surface area contributed by atoms with Crippen molar-refractivity contribution in [2.75, 3.05) is 0 Å². The van der Waals surface area contributed by atoms with Crippen LogP contribution in [0.15, 0.2) is 66.6 Å². The minimum atomic E-state index is 0.648. The Hall–Kier alpha value is -2.11. The Kier molecular flexibility index (Phi) is 5.10. The molecule has 23 heavy (non-hydrogen) atoms. The van der Waals surface area contributed by atoms with Crippen molar-refractivity contribution >= 4 is 23.4 Å². The first-order valence-electron chi connectivity index (χ1n) is 7.10. The van der Waals surface area contributed by atoms with E-state index in [0.29, 0.717) is 6.54 Å². The molecular weight excluding hydrogens is 328 g/mol. The van der Waals surface area contributed by atoms with E-state index < -0.39 is 0 Å². The topological polar surface area (TPSA) is 43.6 Å². The van der Waals surface area contributed by atoms with Gasteiger partial charge in [-0.3, -0.25) is 9.55 Å². The average Bonchev–Trinajstić information content (AvgIpc) is 2.98. The van der Waals surface area contributed by atoms with Crippen molar-refractivity contribution in [3.05, 3.63) is 72.0 Å². The lowest BCUT2D eigenvalue weighted by Crippen LogP contribution is -2.00. The van der Waals surface area contributed by atoms with Gasteiger partial charge in [-0.05, 0) is 23.8 Å². The van der Waals surface area contributed by atoms with Crippen LogP contribution in [0.5, 0.6) is 0 Å². The van der Waals surface area contributed by atoms with E-state index in [2.05, 4.69) is 21.8 Å². The summed E-state index contributed by atoms with van der Waals surface area (Å²) in [5.41, 5.74) is 2.07. The SMILES string of the molecule is C=CCn1c(SCc2ccccc2Cl)nnc1-c1ccncc1. The van der Waals surface area contributed by atoms with E-state index >= 15 is 0 Å². The summed E-state index contributed by atoms with van der Waals surface area (Å²) in [5, 5.41) is 10.3. The molecule has 116 valence electrons. The molecule has 0 saturated heterocycles. The van der Waals surface area contributed by atoms with Crippen molar-refractivity contribution < 1.29 is 0 Å². The number of hydrogen-bond acceptors (Lipinski definition) is 4. The minimum absolute atomic E-state index is 0.648. The van der Waals surface area contributed by atoms with Gasteiger partial charge >= 0.3 is 0 Å². The van der Waals surface area contributed by atoms with Crippen LogP contribution in [0.3, 0.4) is 0 Å². The lowest BCUT2D eigenvalue weighted by Gasteiger charge is -2.08. The maximum atomic E-state index is 6.21. The Morgan fingerprint density at radius 3 is 2.65 bits per heavy atom. The third-order valence-electron chi connectivity index (χ3n) is 3.28. The number of hydrogen-bond donors (Lipinski definition) is 0. The molecule has 0 unspecified atom stereocenters. The molecule has 0 radical (unpaired) electrons. The maximum absolute atomic E-state index is 6.21. The van der Waals surface area contributed by atoms with Crippen LogP contribution in [-0.2, 0) is 12.3 Å². The number of thioether (sulfide) groups is 1. The van der Waals surface area contributed by atoms with E-state index in [1.807, 2.05) is 47.0 Å². The fourth-order valence-corrected chi connectivity index (χ4v) is 3.39. The summed E-state index contributed by atoms with van der Waals surface area (Å²) in [6.45, 7) is 4.47. The predicted molar refractivity (Wildman–Crippen MR) is 94.5 cm³/mol. The van der Waals surface area contributed by atoms with Crippen LogP contribution in [0.1, 0.15) is 5.56 Å². The molecule has 0 N–H and O–H groups in total. The van der Waals surface area contributed by atoms with Crippen molar-refractivity contribution in [1.82, 2.24) is 19.7 Å². The summed E-state index contributed by atoms with van der Waals surface area (Å²) in [6.07, 6.45) is 5.34. The molecule has 1 aromatic carbocycles. The highest BCUT2D eigenvalue weighted by atomic mass is 35.5. The van der Waals surface area contributed by atoms with E-state index in [9.17, 15) is 0 Å². The molecule has 0 spiro atoms. The first kappa shape index (κ1) is 15.8. The molecule has 4 nitrogen and oxygen atoms in total. The van der Waals surface area contributed by atoms with Crippen LogP contribution in [0, 0.1) is 0 Å². The van der Waals surface area contributed by atoms with Gasteiger partial charge in [0.25, 0.3) is 0 Å². The van der Waals surface area contributed by atoms with Crippen LogP contribution in [0.2, 0.25) is 5.02 Å². The van der Waals surface area contributed by atoms with Crippen LogP contribution >= 0.6 is 23.4 Å². The number of halogens is 1. The number of benzene rings is 1. The Morgan fingerprint density at radius 2 is 1.91 bits per heavy atom. The molecule has 3 rings (SSSR count). The van der Waals surface area contributed by atoms with Gasteiger partial charge in [0.05, 0.1) is 0 Å². The minimum Gasteiger partial charge on any atom is -0.298 e. The summed E-state index contributed by atoms with van der Waals surface area (Å²) in [6, 6.07) is 11.7. The van der Waals surface area contributed by atoms with Gasteiger partial charge in [-0.15, -0.1) is 16.8 Å². The molecule has 2 aromatic heterocycles. The first-order valence-corrected chi connectivity index (χ1v) is 8.46. The second-order valence-electron chi connectivity index (χ2n) is 4.82. The number of nitrogens with zero attached hydrogens (tertiary/aromatic N) is 4. The smallest absolute Gasteiger partial charge is 0.192 e. The molecule has 0 aliphatic heterocycles. The third kappa shape index (κ3) is 3.63. The summed E-state index contributed by atoms with van der Waals surface area (Å²) in [5.74, 6) is 1.56. The van der Waals surface area contributed by atoms with Gasteiger partial charge in [-0.25, -0.2) is 0 Å². The Balaban J connectivity index is 1.86. The van der Waals surface area contributed by atoms with Crippen molar-refractivity contribution in [2.24, 2.45) is 0 Å². The zero-order chi connectivity index (χ0) is 16.1. The van der Waals surface area contributed by atoms with E-state index in [1.54, 1.807) is 24.2 Å². The molecule has 2 heterocycles. The fourth-order valence-electron chi connectivity index (χ4n) is 2.16. The Morgan fingerprint density at radius 1 is 1.13 bits per heavy atom. The molecule has 0 aliphatic carbocycles. The van der Waals surface area contributed by atoms with E-state index in [-0.39, 0.29) is 0 Å². The molecule has 0 aliphatic rings. The first-order chi connectivity index (χ1) is 11.3. The molecule has 6 heteroatoms. The van der Waals surface area contributed by atoms with Crippen molar-refractivity contribution in [3.63, 3.8) is 0 Å².